The molecule has 0 aliphatic heterocycles. The predicted molar refractivity (Wildman–Crippen MR) is 123 cm³/mol. The Morgan fingerprint density at radius 1 is 0.875 bits per heavy atom. The fourth-order valence-electron chi connectivity index (χ4n) is 2.80. The zero-order chi connectivity index (χ0) is 22.9. The maximum atomic E-state index is 12.7. The lowest BCUT2D eigenvalue weighted by atomic mass is 10.1. The monoisotopic (exact) mass is 430 g/mol. The van der Waals surface area contributed by atoms with Crippen LogP contribution < -0.4 is 20.8 Å². The van der Waals surface area contributed by atoms with Gasteiger partial charge in [0, 0.05) is 5.69 Å². The number of nitrogens with zero attached hydrogens (tertiary/aromatic N) is 1. The Kier molecular flexibility index (Phi) is 7.32. The number of rotatable bonds is 6. The lowest BCUT2D eigenvalue weighted by Gasteiger charge is -2.11. The first-order chi connectivity index (χ1) is 15.5. The maximum Gasteiger partial charge on any atom is 0.329 e. The summed E-state index contributed by atoms with van der Waals surface area (Å²) < 4.78 is 5.07. The van der Waals surface area contributed by atoms with Crippen molar-refractivity contribution >= 4 is 35.3 Å². The number of aryl methyl sites for hydroxylation is 1. The van der Waals surface area contributed by atoms with Gasteiger partial charge in [-0.3, -0.25) is 14.4 Å². The Bertz CT molecular complexity index is 1160. The van der Waals surface area contributed by atoms with Crippen molar-refractivity contribution in [1.82, 2.24) is 5.43 Å². The van der Waals surface area contributed by atoms with Crippen LogP contribution in [-0.2, 0) is 9.59 Å². The van der Waals surface area contributed by atoms with Gasteiger partial charge in [0.05, 0.1) is 24.6 Å². The molecular formula is C24H22N4O4. The van der Waals surface area contributed by atoms with Crippen molar-refractivity contribution in [3.8, 4) is 5.75 Å². The van der Waals surface area contributed by atoms with Crippen molar-refractivity contribution in [1.29, 1.82) is 0 Å². The molecule has 3 N–H and O–H groups in total. The third kappa shape index (κ3) is 6.02. The van der Waals surface area contributed by atoms with E-state index in [1.807, 2.05) is 25.1 Å². The molecule has 0 aromatic heterocycles. The van der Waals surface area contributed by atoms with Gasteiger partial charge in [0.15, 0.2) is 0 Å². The Labute approximate surface area is 185 Å². The summed E-state index contributed by atoms with van der Waals surface area (Å²) in [5.74, 6) is -1.64. The molecule has 3 aromatic rings. The van der Waals surface area contributed by atoms with E-state index in [1.54, 1.807) is 55.6 Å². The molecule has 0 unspecified atom stereocenters. The lowest BCUT2D eigenvalue weighted by molar-refractivity contribution is -0.136. The van der Waals surface area contributed by atoms with Crippen LogP contribution in [0.5, 0.6) is 5.75 Å². The number of benzene rings is 3. The first kappa shape index (κ1) is 22.2. The second-order valence-electron chi connectivity index (χ2n) is 6.80. The van der Waals surface area contributed by atoms with Crippen LogP contribution in [-0.4, -0.2) is 31.0 Å². The van der Waals surface area contributed by atoms with Crippen LogP contribution in [0.15, 0.2) is 77.9 Å². The second-order valence-corrected chi connectivity index (χ2v) is 6.80. The molecule has 8 heteroatoms. The Hall–Kier alpha value is -4.46. The molecule has 0 fully saturated rings. The summed E-state index contributed by atoms with van der Waals surface area (Å²) >= 11 is 0. The molecule has 3 amide bonds. The fraction of sp³-hybridized carbons (Fsp3) is 0.0833. The average molecular weight is 430 g/mol. The standard InChI is InChI=1S/C24H22N4O4/c1-16-6-5-7-18(14-16)26-22(29)20-8-3-4-9-21(20)27-23(30)24(31)28-25-15-17-10-12-19(32-2)13-11-17/h3-15H,1-2H3,(H,26,29)(H,27,30)(H,28,31)/b25-15-. The van der Waals surface area contributed by atoms with Crippen LogP contribution in [0, 0.1) is 6.92 Å². The summed E-state index contributed by atoms with van der Waals surface area (Å²) in [6.45, 7) is 1.92. The highest BCUT2D eigenvalue weighted by Gasteiger charge is 2.17. The molecule has 0 atom stereocenters. The summed E-state index contributed by atoms with van der Waals surface area (Å²) in [4.78, 5) is 37.0. The van der Waals surface area contributed by atoms with Gasteiger partial charge in [0.25, 0.3) is 5.91 Å². The van der Waals surface area contributed by atoms with E-state index in [0.717, 1.165) is 5.56 Å². The van der Waals surface area contributed by atoms with Gasteiger partial charge in [-0.25, -0.2) is 5.43 Å². The number of amides is 3. The van der Waals surface area contributed by atoms with Crippen LogP contribution in [0.3, 0.4) is 0 Å². The molecular weight excluding hydrogens is 408 g/mol. The highest BCUT2D eigenvalue weighted by Crippen LogP contribution is 2.18. The number of nitrogens with one attached hydrogen (secondary N) is 3. The number of anilines is 2. The second kappa shape index (κ2) is 10.5. The van der Waals surface area contributed by atoms with Gasteiger partial charge in [-0.05, 0) is 66.6 Å². The number of hydrogen-bond acceptors (Lipinski definition) is 5. The third-order valence-corrected chi connectivity index (χ3v) is 4.40. The van der Waals surface area contributed by atoms with Gasteiger partial charge in [0.2, 0.25) is 0 Å². The van der Waals surface area contributed by atoms with Crippen molar-refractivity contribution in [2.75, 3.05) is 17.7 Å². The van der Waals surface area contributed by atoms with Crippen LogP contribution in [0.4, 0.5) is 11.4 Å². The van der Waals surface area contributed by atoms with Crippen molar-refractivity contribution in [3.05, 3.63) is 89.5 Å². The quantitative estimate of drug-likeness (QED) is 0.317. The number of hydrazone groups is 1. The first-order valence-corrected chi connectivity index (χ1v) is 9.72. The number of carbonyl (C=O) groups excluding carboxylic acids is 3. The lowest BCUT2D eigenvalue weighted by Crippen LogP contribution is -2.33. The minimum Gasteiger partial charge on any atom is -0.497 e. The first-order valence-electron chi connectivity index (χ1n) is 9.72. The normalized spacial score (nSPS) is 10.4. The number of para-hydroxylation sites is 1. The van der Waals surface area contributed by atoms with E-state index in [9.17, 15) is 14.4 Å². The van der Waals surface area contributed by atoms with E-state index in [0.29, 0.717) is 17.0 Å². The summed E-state index contributed by atoms with van der Waals surface area (Å²) in [6, 6.07) is 20.7. The van der Waals surface area contributed by atoms with Gasteiger partial charge in [0.1, 0.15) is 5.75 Å². The van der Waals surface area contributed by atoms with Crippen molar-refractivity contribution in [3.63, 3.8) is 0 Å². The summed E-state index contributed by atoms with van der Waals surface area (Å²) in [6.07, 6.45) is 1.40. The molecule has 0 saturated heterocycles. The molecule has 0 saturated carbocycles. The van der Waals surface area contributed by atoms with Gasteiger partial charge in [-0.1, -0.05) is 24.3 Å². The minimum absolute atomic E-state index is 0.205. The van der Waals surface area contributed by atoms with Crippen LogP contribution in [0.2, 0.25) is 0 Å². The van der Waals surface area contributed by atoms with Crippen LogP contribution in [0.25, 0.3) is 0 Å². The predicted octanol–water partition coefficient (Wildman–Crippen LogP) is 3.34. The molecule has 8 nitrogen and oxygen atoms in total. The SMILES string of the molecule is COc1ccc(/C=N\NC(=O)C(=O)Nc2ccccc2C(=O)Nc2cccc(C)c2)cc1. The molecule has 0 aliphatic carbocycles. The smallest absolute Gasteiger partial charge is 0.329 e. The topological polar surface area (TPSA) is 109 Å². The highest BCUT2D eigenvalue weighted by atomic mass is 16.5. The zero-order valence-corrected chi connectivity index (χ0v) is 17.6. The van der Waals surface area contributed by atoms with Gasteiger partial charge in [-0.2, -0.15) is 5.10 Å². The van der Waals surface area contributed by atoms with Crippen molar-refractivity contribution < 1.29 is 19.1 Å². The van der Waals surface area contributed by atoms with Crippen molar-refractivity contribution in [2.45, 2.75) is 6.92 Å². The molecule has 0 aliphatic rings. The molecule has 3 rings (SSSR count). The number of ether oxygens (including phenoxy) is 1. The molecule has 0 spiro atoms. The fourth-order valence-corrected chi connectivity index (χ4v) is 2.80. The largest absolute Gasteiger partial charge is 0.497 e. The van der Waals surface area contributed by atoms with Crippen LogP contribution in [0.1, 0.15) is 21.5 Å². The Morgan fingerprint density at radius 2 is 1.62 bits per heavy atom. The molecule has 3 aromatic carbocycles. The van der Waals surface area contributed by atoms with Gasteiger partial charge in [-0.15, -0.1) is 0 Å². The van der Waals surface area contributed by atoms with E-state index in [2.05, 4.69) is 21.2 Å². The molecule has 162 valence electrons. The maximum absolute atomic E-state index is 12.7. The third-order valence-electron chi connectivity index (χ3n) is 4.40. The molecule has 32 heavy (non-hydrogen) atoms. The number of methoxy groups -OCH3 is 1. The Balaban J connectivity index is 1.62. The molecule has 0 heterocycles. The van der Waals surface area contributed by atoms with Crippen molar-refractivity contribution in [2.24, 2.45) is 5.10 Å². The summed E-state index contributed by atoms with van der Waals surface area (Å²) in [7, 11) is 1.56. The van der Waals surface area contributed by atoms with E-state index < -0.39 is 17.7 Å². The van der Waals surface area contributed by atoms with Gasteiger partial charge >= 0.3 is 11.8 Å². The highest BCUT2D eigenvalue weighted by molar-refractivity contribution is 6.40. The zero-order valence-electron chi connectivity index (χ0n) is 17.6. The summed E-state index contributed by atoms with van der Waals surface area (Å²) in [5.41, 5.74) is 4.92. The minimum atomic E-state index is -0.969. The van der Waals surface area contributed by atoms with E-state index in [4.69, 9.17) is 4.74 Å². The van der Waals surface area contributed by atoms with Gasteiger partial charge < -0.3 is 15.4 Å². The number of hydrogen-bond donors (Lipinski definition) is 3. The molecule has 0 bridgehead atoms. The van der Waals surface area contributed by atoms with Crippen LogP contribution >= 0.6 is 0 Å². The van der Waals surface area contributed by atoms with E-state index in [1.165, 1.54) is 12.3 Å². The molecule has 0 radical (unpaired) electrons. The Morgan fingerprint density at radius 3 is 2.34 bits per heavy atom. The summed E-state index contributed by atoms with van der Waals surface area (Å²) in [5, 5.41) is 9.01. The number of carbonyl (C=O) groups is 3. The average Bonchev–Trinajstić information content (AvgIpc) is 2.79. The van der Waals surface area contributed by atoms with E-state index in [-0.39, 0.29) is 11.3 Å². The van der Waals surface area contributed by atoms with E-state index >= 15 is 0 Å².